The van der Waals surface area contributed by atoms with Gasteiger partial charge in [-0.2, -0.15) is 0 Å². The summed E-state index contributed by atoms with van der Waals surface area (Å²) in [4.78, 5) is 0. The number of rotatable bonds is 4. The average Bonchev–Trinajstić information content (AvgIpc) is 2.39. The zero-order valence-electron chi connectivity index (χ0n) is 10.4. The van der Waals surface area contributed by atoms with Gasteiger partial charge in [0.05, 0.1) is 6.61 Å². The summed E-state index contributed by atoms with van der Waals surface area (Å²) in [7, 11) is 0. The van der Waals surface area contributed by atoms with E-state index in [9.17, 15) is 5.11 Å². The van der Waals surface area contributed by atoms with Gasteiger partial charge in [-0.1, -0.05) is 53.6 Å². The predicted molar refractivity (Wildman–Crippen MR) is 76.2 cm³/mol. The normalized spacial score (nSPS) is 12.4. The molecule has 1 unspecified atom stereocenters. The Morgan fingerprint density at radius 2 is 1.61 bits per heavy atom. The molecule has 1 atom stereocenters. The number of aliphatic hydroxyl groups excluding tert-OH is 1. The van der Waals surface area contributed by atoms with Crippen molar-refractivity contribution >= 4 is 11.6 Å². The van der Waals surface area contributed by atoms with E-state index < -0.39 is 0 Å². The second-order valence-electron chi connectivity index (χ2n) is 4.62. The van der Waals surface area contributed by atoms with Gasteiger partial charge < -0.3 is 5.11 Å². The summed E-state index contributed by atoms with van der Waals surface area (Å²) >= 11 is 5.87. The maximum atomic E-state index is 9.53. The Hall–Kier alpha value is -1.31. The van der Waals surface area contributed by atoms with Crippen molar-refractivity contribution in [2.75, 3.05) is 6.61 Å². The van der Waals surface area contributed by atoms with Crippen LogP contribution in [0.2, 0.25) is 5.02 Å². The summed E-state index contributed by atoms with van der Waals surface area (Å²) < 4.78 is 0. The third-order valence-corrected chi connectivity index (χ3v) is 3.42. The number of aryl methyl sites for hydroxylation is 1. The first kappa shape index (κ1) is 13.1. The molecule has 0 aromatic heterocycles. The molecule has 0 spiro atoms. The zero-order valence-corrected chi connectivity index (χ0v) is 11.2. The van der Waals surface area contributed by atoms with Crippen molar-refractivity contribution in [3.63, 3.8) is 0 Å². The van der Waals surface area contributed by atoms with Gasteiger partial charge in [0.2, 0.25) is 0 Å². The topological polar surface area (TPSA) is 20.2 Å². The van der Waals surface area contributed by atoms with E-state index in [1.165, 1.54) is 11.1 Å². The largest absolute Gasteiger partial charge is 0.396 e. The molecule has 2 aromatic rings. The van der Waals surface area contributed by atoms with E-state index in [4.69, 9.17) is 11.6 Å². The Kier molecular flexibility index (Phi) is 4.40. The lowest BCUT2D eigenvalue weighted by Crippen LogP contribution is -2.07. The quantitative estimate of drug-likeness (QED) is 0.882. The minimum absolute atomic E-state index is 0.130. The van der Waals surface area contributed by atoms with Crippen LogP contribution in [-0.2, 0) is 6.42 Å². The van der Waals surface area contributed by atoms with E-state index in [1.54, 1.807) is 0 Å². The molecule has 0 heterocycles. The second kappa shape index (κ2) is 6.03. The fourth-order valence-electron chi connectivity index (χ4n) is 2.03. The van der Waals surface area contributed by atoms with Gasteiger partial charge in [-0.3, -0.25) is 0 Å². The molecule has 0 amide bonds. The van der Waals surface area contributed by atoms with Crippen LogP contribution < -0.4 is 0 Å². The third-order valence-electron chi connectivity index (χ3n) is 3.16. The molecular formula is C16H17ClO. The minimum atomic E-state index is 0.130. The molecule has 0 fully saturated rings. The summed E-state index contributed by atoms with van der Waals surface area (Å²) in [6.45, 7) is 2.22. The maximum Gasteiger partial charge on any atom is 0.0502 e. The summed E-state index contributed by atoms with van der Waals surface area (Å²) in [5.41, 5.74) is 3.63. The first-order valence-electron chi connectivity index (χ1n) is 6.11. The lowest BCUT2D eigenvalue weighted by atomic mass is 9.92. The van der Waals surface area contributed by atoms with Crippen LogP contribution in [0.25, 0.3) is 0 Å². The second-order valence-corrected chi connectivity index (χ2v) is 5.06. The molecule has 0 aliphatic rings. The first-order valence-corrected chi connectivity index (χ1v) is 6.48. The Bertz CT molecular complexity index is 488. The molecule has 0 aliphatic carbocycles. The third kappa shape index (κ3) is 3.34. The lowest BCUT2D eigenvalue weighted by molar-refractivity contribution is 0.264. The molecule has 0 aliphatic heterocycles. The molecule has 0 saturated carbocycles. The van der Waals surface area contributed by atoms with Crippen molar-refractivity contribution in [1.29, 1.82) is 0 Å². The molecule has 18 heavy (non-hydrogen) atoms. The molecular weight excluding hydrogens is 244 g/mol. The predicted octanol–water partition coefficient (Wildman–Crippen LogP) is 3.97. The van der Waals surface area contributed by atoms with E-state index in [2.05, 4.69) is 31.2 Å². The molecule has 94 valence electrons. The van der Waals surface area contributed by atoms with Crippen molar-refractivity contribution in [3.8, 4) is 0 Å². The fourth-order valence-corrected chi connectivity index (χ4v) is 2.16. The van der Waals surface area contributed by atoms with Crippen LogP contribution in [0.3, 0.4) is 0 Å². The van der Waals surface area contributed by atoms with Gasteiger partial charge in [0.1, 0.15) is 0 Å². The first-order chi connectivity index (χ1) is 8.69. The summed E-state index contributed by atoms with van der Waals surface area (Å²) in [5.74, 6) is 0.130. The van der Waals surface area contributed by atoms with E-state index >= 15 is 0 Å². The van der Waals surface area contributed by atoms with Crippen LogP contribution in [0.1, 0.15) is 22.6 Å². The van der Waals surface area contributed by atoms with Gasteiger partial charge in [0, 0.05) is 10.9 Å². The van der Waals surface area contributed by atoms with Crippen molar-refractivity contribution in [2.45, 2.75) is 19.3 Å². The van der Waals surface area contributed by atoms with Crippen LogP contribution in [0.4, 0.5) is 0 Å². The summed E-state index contributed by atoms with van der Waals surface area (Å²) in [5, 5.41) is 10.3. The van der Waals surface area contributed by atoms with Crippen molar-refractivity contribution < 1.29 is 5.11 Å². The summed E-state index contributed by atoms with van der Waals surface area (Å²) in [6, 6.07) is 16.2. The summed E-state index contributed by atoms with van der Waals surface area (Å²) in [6.07, 6.45) is 0.846. The van der Waals surface area contributed by atoms with Gasteiger partial charge in [0.25, 0.3) is 0 Å². The van der Waals surface area contributed by atoms with E-state index in [1.807, 2.05) is 24.3 Å². The van der Waals surface area contributed by atoms with Crippen LogP contribution in [-0.4, -0.2) is 11.7 Å². The highest BCUT2D eigenvalue weighted by Crippen LogP contribution is 2.22. The average molecular weight is 261 g/mol. The molecule has 0 saturated heterocycles. The van der Waals surface area contributed by atoms with Gasteiger partial charge in [0.15, 0.2) is 0 Å². The van der Waals surface area contributed by atoms with Gasteiger partial charge in [-0.05, 0) is 36.6 Å². The molecule has 1 nitrogen and oxygen atoms in total. The Morgan fingerprint density at radius 1 is 1.00 bits per heavy atom. The maximum absolute atomic E-state index is 9.53. The molecule has 0 bridgehead atoms. The highest BCUT2D eigenvalue weighted by Gasteiger charge is 2.11. The van der Waals surface area contributed by atoms with Gasteiger partial charge in [-0.15, -0.1) is 0 Å². The van der Waals surface area contributed by atoms with E-state index in [-0.39, 0.29) is 12.5 Å². The van der Waals surface area contributed by atoms with Crippen molar-refractivity contribution in [1.82, 2.24) is 0 Å². The number of hydrogen-bond acceptors (Lipinski definition) is 1. The molecule has 0 radical (unpaired) electrons. The van der Waals surface area contributed by atoms with Crippen molar-refractivity contribution in [3.05, 3.63) is 70.2 Å². The zero-order chi connectivity index (χ0) is 13.0. The fraction of sp³-hybridized carbons (Fsp3) is 0.250. The lowest BCUT2D eigenvalue weighted by Gasteiger charge is -2.15. The number of benzene rings is 2. The van der Waals surface area contributed by atoms with E-state index in [0.29, 0.717) is 0 Å². The van der Waals surface area contributed by atoms with Crippen molar-refractivity contribution in [2.24, 2.45) is 0 Å². The van der Waals surface area contributed by atoms with Crippen LogP contribution in [0, 0.1) is 6.92 Å². The van der Waals surface area contributed by atoms with Crippen LogP contribution in [0.15, 0.2) is 48.5 Å². The highest BCUT2D eigenvalue weighted by atomic mass is 35.5. The van der Waals surface area contributed by atoms with E-state index in [0.717, 1.165) is 17.0 Å². The van der Waals surface area contributed by atoms with Crippen LogP contribution >= 0.6 is 11.6 Å². The molecule has 1 N–H and O–H groups in total. The Morgan fingerprint density at radius 3 is 2.17 bits per heavy atom. The standard InChI is InChI=1S/C16H17ClO/c1-12-2-4-13(5-3-12)10-15(11-18)14-6-8-16(17)9-7-14/h2-9,15,18H,10-11H2,1H3. The number of hydrogen-bond donors (Lipinski definition) is 1. The molecule has 2 aromatic carbocycles. The van der Waals surface area contributed by atoms with Crippen LogP contribution in [0.5, 0.6) is 0 Å². The van der Waals surface area contributed by atoms with Gasteiger partial charge >= 0.3 is 0 Å². The van der Waals surface area contributed by atoms with Gasteiger partial charge in [-0.25, -0.2) is 0 Å². The Labute approximate surface area is 113 Å². The number of halogens is 1. The smallest absolute Gasteiger partial charge is 0.0502 e. The highest BCUT2D eigenvalue weighted by molar-refractivity contribution is 6.30. The SMILES string of the molecule is Cc1ccc(CC(CO)c2ccc(Cl)cc2)cc1. The Balaban J connectivity index is 2.14. The minimum Gasteiger partial charge on any atom is -0.396 e. The molecule has 2 rings (SSSR count). The molecule has 2 heteroatoms. The monoisotopic (exact) mass is 260 g/mol. The number of aliphatic hydroxyl groups is 1.